The van der Waals surface area contributed by atoms with Crippen LogP contribution in [-0.2, 0) is 0 Å². The second-order valence-electron chi connectivity index (χ2n) is 5.67. The minimum Gasteiger partial charge on any atom is -0.478 e. The molecular formula is C19H14N4O3S2. The van der Waals surface area contributed by atoms with Crippen LogP contribution in [0.4, 0.5) is 11.4 Å². The van der Waals surface area contributed by atoms with Crippen LogP contribution in [0.25, 0.3) is 10.4 Å². The van der Waals surface area contributed by atoms with E-state index in [1.807, 2.05) is 6.07 Å². The SMILES string of the molecule is N#Cc1ccc(-c2scc(NC(=O)c3ccc(SN)c(N)c3)c2C(=O)O)cc1. The van der Waals surface area contributed by atoms with Crippen molar-refractivity contribution in [3.63, 3.8) is 0 Å². The maximum absolute atomic E-state index is 12.5. The van der Waals surface area contributed by atoms with E-state index in [9.17, 15) is 14.7 Å². The summed E-state index contributed by atoms with van der Waals surface area (Å²) in [6.07, 6.45) is 0. The summed E-state index contributed by atoms with van der Waals surface area (Å²) in [6.45, 7) is 0. The van der Waals surface area contributed by atoms with Crippen molar-refractivity contribution in [2.45, 2.75) is 4.90 Å². The van der Waals surface area contributed by atoms with Crippen molar-refractivity contribution in [3.05, 3.63) is 64.5 Å². The minimum absolute atomic E-state index is 0.00911. The van der Waals surface area contributed by atoms with E-state index >= 15 is 0 Å². The van der Waals surface area contributed by atoms with Crippen LogP contribution in [0.3, 0.4) is 0 Å². The molecule has 0 spiro atoms. The van der Waals surface area contributed by atoms with Gasteiger partial charge in [-0.15, -0.1) is 11.3 Å². The van der Waals surface area contributed by atoms with Crippen molar-refractivity contribution in [3.8, 4) is 16.5 Å². The van der Waals surface area contributed by atoms with Gasteiger partial charge >= 0.3 is 5.97 Å². The summed E-state index contributed by atoms with van der Waals surface area (Å²) in [5, 5.41) is 28.2. The number of anilines is 2. The van der Waals surface area contributed by atoms with Crippen LogP contribution in [-0.4, -0.2) is 17.0 Å². The lowest BCUT2D eigenvalue weighted by molar-refractivity contribution is 0.0699. The van der Waals surface area contributed by atoms with Crippen LogP contribution in [0.1, 0.15) is 26.3 Å². The third-order valence-electron chi connectivity index (χ3n) is 3.93. The molecule has 0 bridgehead atoms. The number of amides is 1. The Labute approximate surface area is 168 Å². The van der Waals surface area contributed by atoms with Crippen molar-refractivity contribution in [2.24, 2.45) is 5.14 Å². The molecule has 0 aliphatic carbocycles. The number of rotatable bonds is 5. The largest absolute Gasteiger partial charge is 0.478 e. The molecule has 0 radical (unpaired) electrons. The van der Waals surface area contributed by atoms with Crippen LogP contribution < -0.4 is 16.2 Å². The first-order valence-electron chi connectivity index (χ1n) is 7.87. The molecule has 1 aromatic heterocycles. The molecule has 2 aromatic carbocycles. The van der Waals surface area contributed by atoms with Crippen LogP contribution in [0, 0.1) is 11.3 Å². The highest BCUT2D eigenvalue weighted by Crippen LogP contribution is 2.36. The summed E-state index contributed by atoms with van der Waals surface area (Å²) in [4.78, 5) is 25.5. The Bertz CT molecular complexity index is 1100. The highest BCUT2D eigenvalue weighted by atomic mass is 32.2. The predicted octanol–water partition coefficient (Wildman–Crippen LogP) is 3.79. The number of hydrogen-bond donors (Lipinski definition) is 4. The first-order chi connectivity index (χ1) is 13.4. The molecule has 0 fully saturated rings. The summed E-state index contributed by atoms with van der Waals surface area (Å²) in [7, 11) is 0. The minimum atomic E-state index is -1.16. The summed E-state index contributed by atoms with van der Waals surface area (Å²) in [5.74, 6) is -1.64. The van der Waals surface area contributed by atoms with Crippen molar-refractivity contribution < 1.29 is 14.7 Å². The number of nitrogen functional groups attached to an aromatic ring is 1. The highest BCUT2D eigenvalue weighted by molar-refractivity contribution is 7.97. The average Bonchev–Trinajstić information content (AvgIpc) is 3.11. The van der Waals surface area contributed by atoms with Gasteiger partial charge in [0.25, 0.3) is 5.91 Å². The molecule has 1 heterocycles. The zero-order valence-corrected chi connectivity index (χ0v) is 15.9. The number of carbonyl (C=O) groups is 2. The quantitative estimate of drug-likeness (QED) is 0.370. The summed E-state index contributed by atoms with van der Waals surface area (Å²) in [6, 6.07) is 13.3. The van der Waals surface area contributed by atoms with Gasteiger partial charge in [0.1, 0.15) is 5.56 Å². The van der Waals surface area contributed by atoms with E-state index in [0.717, 1.165) is 11.9 Å². The second kappa shape index (κ2) is 8.14. The van der Waals surface area contributed by atoms with Crippen LogP contribution in [0.15, 0.2) is 52.7 Å². The zero-order valence-electron chi connectivity index (χ0n) is 14.3. The fraction of sp³-hybridized carbons (Fsp3) is 0. The standard InChI is InChI=1S/C19H14N4O3S2/c20-8-10-1-3-11(4-2-10)17-16(19(25)26)14(9-27-17)23-18(24)12-5-6-15(28-22)13(21)7-12/h1-7,9H,21-22H2,(H,23,24)(H,25,26). The molecule has 3 rings (SSSR count). The van der Waals surface area contributed by atoms with Crippen LogP contribution >= 0.6 is 23.3 Å². The number of thiophene rings is 1. The van der Waals surface area contributed by atoms with Gasteiger partial charge in [-0.2, -0.15) is 5.26 Å². The van der Waals surface area contributed by atoms with Gasteiger partial charge in [0, 0.05) is 21.5 Å². The van der Waals surface area contributed by atoms with Crippen molar-refractivity contribution in [1.82, 2.24) is 0 Å². The second-order valence-corrected chi connectivity index (χ2v) is 7.23. The molecule has 28 heavy (non-hydrogen) atoms. The van der Waals surface area contributed by atoms with Gasteiger partial charge in [-0.1, -0.05) is 12.1 Å². The van der Waals surface area contributed by atoms with Crippen LogP contribution in [0.5, 0.6) is 0 Å². The highest BCUT2D eigenvalue weighted by Gasteiger charge is 2.21. The predicted molar refractivity (Wildman–Crippen MR) is 110 cm³/mol. The third kappa shape index (κ3) is 3.84. The molecule has 9 heteroatoms. The van der Waals surface area contributed by atoms with Gasteiger partial charge in [0.15, 0.2) is 0 Å². The summed E-state index contributed by atoms with van der Waals surface area (Å²) < 4.78 is 0. The number of carbonyl (C=O) groups excluding carboxylic acids is 1. The van der Waals surface area contributed by atoms with E-state index in [2.05, 4.69) is 5.32 Å². The molecule has 0 saturated heterocycles. The number of carboxylic acids is 1. The third-order valence-corrected chi connectivity index (χ3v) is 5.58. The Hall–Kier alpha value is -3.32. The van der Waals surface area contributed by atoms with Gasteiger partial charge in [-0.3, -0.25) is 9.93 Å². The molecule has 0 saturated carbocycles. The number of hydrogen-bond acceptors (Lipinski definition) is 7. The Morgan fingerprint density at radius 1 is 1.18 bits per heavy atom. The van der Waals surface area contributed by atoms with Crippen molar-refractivity contribution in [2.75, 3.05) is 11.1 Å². The first kappa shape index (κ1) is 19.4. The summed E-state index contributed by atoms with van der Waals surface area (Å²) in [5.41, 5.74) is 7.81. The number of nitrogens with zero attached hydrogens (tertiary/aromatic N) is 1. The van der Waals surface area contributed by atoms with E-state index in [4.69, 9.17) is 16.1 Å². The summed E-state index contributed by atoms with van der Waals surface area (Å²) >= 11 is 2.17. The van der Waals surface area contributed by atoms with Gasteiger partial charge in [-0.05, 0) is 47.8 Å². The van der Waals surface area contributed by atoms with Gasteiger partial charge in [0.05, 0.1) is 22.2 Å². The number of nitrogens with two attached hydrogens (primary N) is 2. The Morgan fingerprint density at radius 2 is 1.89 bits per heavy atom. The molecule has 0 aliphatic heterocycles. The van der Waals surface area contributed by atoms with Gasteiger partial charge < -0.3 is 16.2 Å². The number of nitriles is 1. The monoisotopic (exact) mass is 410 g/mol. The number of benzene rings is 2. The number of aromatic carboxylic acids is 1. The van der Waals surface area contributed by atoms with Crippen molar-refractivity contribution in [1.29, 1.82) is 5.26 Å². The molecule has 0 aliphatic rings. The first-order valence-corrected chi connectivity index (χ1v) is 9.63. The van der Waals surface area contributed by atoms with Crippen LogP contribution in [0.2, 0.25) is 0 Å². The molecule has 1 amide bonds. The molecular weight excluding hydrogens is 396 g/mol. The molecule has 3 aromatic rings. The fourth-order valence-corrected chi connectivity index (χ4v) is 3.90. The lowest BCUT2D eigenvalue weighted by atomic mass is 10.1. The van der Waals surface area contributed by atoms with Gasteiger partial charge in [0.2, 0.25) is 0 Å². The van der Waals surface area contributed by atoms with E-state index in [1.165, 1.54) is 17.4 Å². The Balaban J connectivity index is 1.93. The van der Waals surface area contributed by atoms with E-state index in [0.29, 0.717) is 26.6 Å². The Kier molecular flexibility index (Phi) is 5.65. The molecule has 0 unspecified atom stereocenters. The number of carboxylic acid groups (broad SMARTS) is 1. The molecule has 7 nitrogen and oxygen atoms in total. The van der Waals surface area contributed by atoms with Gasteiger partial charge in [-0.25, -0.2) is 4.79 Å². The molecule has 0 atom stereocenters. The molecule has 6 N–H and O–H groups in total. The fourth-order valence-electron chi connectivity index (χ4n) is 2.56. The lowest BCUT2D eigenvalue weighted by Crippen LogP contribution is -2.14. The van der Waals surface area contributed by atoms with E-state index in [-0.39, 0.29) is 16.8 Å². The zero-order chi connectivity index (χ0) is 20.3. The van der Waals surface area contributed by atoms with E-state index in [1.54, 1.807) is 41.8 Å². The van der Waals surface area contributed by atoms with E-state index < -0.39 is 11.9 Å². The maximum Gasteiger partial charge on any atom is 0.339 e. The topological polar surface area (TPSA) is 142 Å². The normalized spacial score (nSPS) is 10.3. The molecule has 140 valence electrons. The Morgan fingerprint density at radius 3 is 2.46 bits per heavy atom. The average molecular weight is 410 g/mol. The number of nitrogens with one attached hydrogen (secondary N) is 1. The van der Waals surface area contributed by atoms with Crippen molar-refractivity contribution >= 4 is 46.5 Å². The maximum atomic E-state index is 12.5. The smallest absolute Gasteiger partial charge is 0.339 e. The lowest BCUT2D eigenvalue weighted by Gasteiger charge is -2.08.